The van der Waals surface area contributed by atoms with Gasteiger partial charge in [0.2, 0.25) is 5.91 Å². The number of hydrogen-bond donors (Lipinski definition) is 0. The van der Waals surface area contributed by atoms with Gasteiger partial charge in [-0.25, -0.2) is 9.83 Å². The summed E-state index contributed by atoms with van der Waals surface area (Å²) in [4.78, 5) is 25.4. The highest BCUT2D eigenvalue weighted by atomic mass is 16.5. The summed E-state index contributed by atoms with van der Waals surface area (Å²) in [5, 5.41) is 0. The maximum atomic E-state index is 13.5. The van der Waals surface area contributed by atoms with Crippen LogP contribution in [0.3, 0.4) is 0 Å². The number of imidazole rings is 1. The number of amides is 1. The Balaban J connectivity index is 1.34. The van der Waals surface area contributed by atoms with Crippen molar-refractivity contribution in [2.24, 2.45) is 0 Å². The molecule has 1 saturated heterocycles. The Morgan fingerprint density at radius 1 is 1.09 bits per heavy atom. The predicted molar refractivity (Wildman–Crippen MR) is 122 cm³/mol. The van der Waals surface area contributed by atoms with Crippen molar-refractivity contribution in [3.63, 3.8) is 0 Å². The van der Waals surface area contributed by atoms with Gasteiger partial charge in [-0.1, -0.05) is 36.4 Å². The topological polar surface area (TPSA) is 55.0 Å². The van der Waals surface area contributed by atoms with E-state index in [0.29, 0.717) is 31.9 Å². The Morgan fingerprint density at radius 3 is 2.78 bits per heavy atom. The zero-order valence-corrected chi connectivity index (χ0v) is 17.9. The lowest BCUT2D eigenvalue weighted by Gasteiger charge is -2.40. The van der Waals surface area contributed by atoms with Crippen LogP contribution in [-0.4, -0.2) is 46.1 Å². The molecule has 2 bridgehead atoms. The van der Waals surface area contributed by atoms with Gasteiger partial charge in [-0.05, 0) is 30.5 Å². The van der Waals surface area contributed by atoms with Gasteiger partial charge in [-0.3, -0.25) is 9.69 Å². The van der Waals surface area contributed by atoms with E-state index in [-0.39, 0.29) is 11.9 Å². The molecule has 1 fully saturated rings. The van der Waals surface area contributed by atoms with Gasteiger partial charge in [-0.2, -0.15) is 0 Å². The number of carbonyl (C=O) groups is 1. The van der Waals surface area contributed by atoms with Crippen molar-refractivity contribution in [3.05, 3.63) is 83.7 Å². The molecule has 5 rings (SSSR count). The van der Waals surface area contributed by atoms with Crippen LogP contribution in [-0.2, 0) is 17.9 Å². The summed E-state index contributed by atoms with van der Waals surface area (Å²) in [7, 11) is 0. The zero-order valence-electron chi connectivity index (χ0n) is 17.9. The fourth-order valence-electron chi connectivity index (χ4n) is 4.53. The van der Waals surface area contributed by atoms with Crippen LogP contribution in [0.1, 0.15) is 24.1 Å². The Kier molecular flexibility index (Phi) is 5.61. The van der Waals surface area contributed by atoms with Crippen LogP contribution in [0, 0.1) is 6.57 Å². The molecule has 7 heteroatoms. The van der Waals surface area contributed by atoms with Crippen LogP contribution >= 0.6 is 0 Å². The lowest BCUT2D eigenvalue weighted by atomic mass is 10.0. The molecule has 0 spiro atoms. The quantitative estimate of drug-likeness (QED) is 0.593. The maximum Gasteiger partial charge on any atom is 0.244 e. The Hall–Kier alpha value is -3.63. The molecule has 1 aromatic heterocycles. The zero-order chi connectivity index (χ0) is 21.9. The van der Waals surface area contributed by atoms with Crippen molar-refractivity contribution < 1.29 is 9.53 Å². The number of aromatic nitrogens is 2. The summed E-state index contributed by atoms with van der Waals surface area (Å²) in [6.45, 7) is 10.5. The lowest BCUT2D eigenvalue weighted by molar-refractivity contribution is -0.126. The molecule has 2 aromatic carbocycles. The van der Waals surface area contributed by atoms with E-state index < -0.39 is 0 Å². The van der Waals surface area contributed by atoms with E-state index in [0.717, 1.165) is 42.1 Å². The number of piperazine rings is 1. The molecular weight excluding hydrogens is 402 g/mol. The summed E-state index contributed by atoms with van der Waals surface area (Å²) in [5.41, 5.74) is 3.71. The van der Waals surface area contributed by atoms with Crippen molar-refractivity contribution in [2.45, 2.75) is 32.0 Å². The minimum atomic E-state index is -0.167. The second-order valence-corrected chi connectivity index (χ2v) is 8.23. The van der Waals surface area contributed by atoms with E-state index in [1.165, 1.54) is 0 Å². The van der Waals surface area contributed by atoms with Crippen LogP contribution in [0.15, 0.2) is 61.1 Å². The van der Waals surface area contributed by atoms with Crippen LogP contribution in [0.2, 0.25) is 0 Å². The molecule has 7 nitrogen and oxygen atoms in total. The minimum absolute atomic E-state index is 0.148. The van der Waals surface area contributed by atoms with Gasteiger partial charge in [0.15, 0.2) is 5.69 Å². The SMILES string of the molecule is [C-]#[N+]c1ccc(Cn2cncc2CN2CCN3C(=O)C2CCCOc2ccccc23)cc1. The first-order valence-corrected chi connectivity index (χ1v) is 11.0. The smallest absolute Gasteiger partial charge is 0.244 e. The van der Waals surface area contributed by atoms with Crippen LogP contribution in [0.25, 0.3) is 4.85 Å². The van der Waals surface area contributed by atoms with Gasteiger partial charge in [0, 0.05) is 32.4 Å². The second kappa shape index (κ2) is 8.85. The number of carbonyl (C=O) groups excluding carboxylic acids is 1. The van der Waals surface area contributed by atoms with Crippen LogP contribution < -0.4 is 9.64 Å². The van der Waals surface area contributed by atoms with E-state index in [1.54, 1.807) is 0 Å². The van der Waals surface area contributed by atoms with E-state index in [2.05, 4.69) is 19.3 Å². The standard InChI is InChI=1S/C25H25N5O2/c1-26-20-10-8-19(9-11-20)16-29-18-27-15-21(29)17-28-12-13-30-22-5-2-3-7-24(22)32-14-4-6-23(28)25(30)31/h2-3,5,7-11,15,18,23H,4,6,12-14,16-17H2. The number of hydrogen-bond acceptors (Lipinski definition) is 4. The lowest BCUT2D eigenvalue weighted by Crippen LogP contribution is -2.56. The van der Waals surface area contributed by atoms with E-state index in [1.807, 2.05) is 66.0 Å². The molecule has 3 heterocycles. The summed E-state index contributed by atoms with van der Waals surface area (Å²) in [6.07, 6.45) is 5.33. The molecule has 0 saturated carbocycles. The monoisotopic (exact) mass is 427 g/mol. The molecular formula is C25H25N5O2. The first-order chi connectivity index (χ1) is 15.7. The third-order valence-electron chi connectivity index (χ3n) is 6.22. The molecule has 0 aliphatic carbocycles. The highest BCUT2D eigenvalue weighted by molar-refractivity contribution is 5.99. The molecule has 2 aliphatic rings. The highest BCUT2D eigenvalue weighted by Crippen LogP contribution is 2.33. The van der Waals surface area contributed by atoms with Crippen molar-refractivity contribution in [3.8, 4) is 5.75 Å². The average Bonchev–Trinajstić information content (AvgIpc) is 3.26. The fourth-order valence-corrected chi connectivity index (χ4v) is 4.53. The molecule has 1 amide bonds. The normalized spacial score (nSPS) is 18.7. The summed E-state index contributed by atoms with van der Waals surface area (Å²) in [6, 6.07) is 15.3. The minimum Gasteiger partial charge on any atom is -0.491 e. The Bertz CT molecular complexity index is 1150. The van der Waals surface area contributed by atoms with Gasteiger partial charge in [0.25, 0.3) is 0 Å². The first-order valence-electron chi connectivity index (χ1n) is 11.0. The summed E-state index contributed by atoms with van der Waals surface area (Å²) < 4.78 is 8.09. The van der Waals surface area contributed by atoms with Crippen molar-refractivity contribution in [1.82, 2.24) is 14.5 Å². The van der Waals surface area contributed by atoms with Gasteiger partial charge >= 0.3 is 0 Å². The molecule has 0 N–H and O–H groups in total. The van der Waals surface area contributed by atoms with Gasteiger partial charge in [0.1, 0.15) is 5.75 Å². The molecule has 1 unspecified atom stereocenters. The molecule has 162 valence electrons. The number of benzene rings is 2. The number of anilines is 1. The number of nitrogens with zero attached hydrogens (tertiary/aromatic N) is 5. The number of rotatable bonds is 4. The van der Waals surface area contributed by atoms with Gasteiger partial charge in [0.05, 0.1) is 36.9 Å². The van der Waals surface area contributed by atoms with Crippen molar-refractivity contribution >= 4 is 17.3 Å². The van der Waals surface area contributed by atoms with E-state index >= 15 is 0 Å². The molecule has 3 aromatic rings. The molecule has 2 aliphatic heterocycles. The third-order valence-corrected chi connectivity index (χ3v) is 6.22. The third kappa shape index (κ3) is 3.97. The fraction of sp³-hybridized carbons (Fsp3) is 0.320. The second-order valence-electron chi connectivity index (χ2n) is 8.23. The van der Waals surface area contributed by atoms with Crippen molar-refractivity contribution in [1.29, 1.82) is 0 Å². The van der Waals surface area contributed by atoms with Crippen molar-refractivity contribution in [2.75, 3.05) is 24.6 Å². The highest BCUT2D eigenvalue weighted by Gasteiger charge is 2.37. The summed E-state index contributed by atoms with van der Waals surface area (Å²) in [5.74, 6) is 0.937. The first kappa shape index (κ1) is 20.3. The number of fused-ring (bicyclic) bond motifs is 4. The van der Waals surface area contributed by atoms with E-state index in [9.17, 15) is 4.79 Å². The maximum absolute atomic E-state index is 13.5. The average molecular weight is 428 g/mol. The summed E-state index contributed by atoms with van der Waals surface area (Å²) >= 11 is 0. The van der Waals surface area contributed by atoms with Gasteiger partial charge in [-0.15, -0.1) is 0 Å². The molecule has 1 atom stereocenters. The Morgan fingerprint density at radius 2 is 1.94 bits per heavy atom. The molecule has 32 heavy (non-hydrogen) atoms. The predicted octanol–water partition coefficient (Wildman–Crippen LogP) is 3.87. The van der Waals surface area contributed by atoms with E-state index in [4.69, 9.17) is 11.3 Å². The van der Waals surface area contributed by atoms with Crippen LogP contribution in [0.4, 0.5) is 11.4 Å². The number of ether oxygens (including phenoxy) is 1. The van der Waals surface area contributed by atoms with Gasteiger partial charge < -0.3 is 14.2 Å². The Labute approximate surface area is 187 Å². The largest absolute Gasteiger partial charge is 0.491 e. The molecule has 0 radical (unpaired) electrons. The number of para-hydroxylation sites is 2. The van der Waals surface area contributed by atoms with Crippen LogP contribution in [0.5, 0.6) is 5.75 Å².